The first-order valence-electron chi connectivity index (χ1n) is 7.57. The molecule has 1 amide bonds. The second-order valence-electron chi connectivity index (χ2n) is 5.19. The Morgan fingerprint density at radius 1 is 1.04 bits per heavy atom. The predicted octanol–water partition coefficient (Wildman–Crippen LogP) is 3.86. The van der Waals surface area contributed by atoms with E-state index in [1.807, 2.05) is 42.5 Å². The topological polar surface area (TPSA) is 75.6 Å². The molecule has 0 fully saturated rings. The summed E-state index contributed by atoms with van der Waals surface area (Å²) < 4.78 is 5.17. The molecule has 0 atom stereocenters. The molecule has 0 bridgehead atoms. The smallest absolute Gasteiger partial charge is 0.412 e. The number of benzene rings is 2. The summed E-state index contributed by atoms with van der Waals surface area (Å²) >= 11 is 0. The molecule has 2 rings (SSSR count). The average molecular weight is 325 g/mol. The van der Waals surface area contributed by atoms with Crippen LogP contribution in [-0.4, -0.2) is 23.7 Å². The Hall–Kier alpha value is -3.08. The van der Waals surface area contributed by atoms with Crippen LogP contribution in [-0.2, 0) is 4.79 Å². The summed E-state index contributed by atoms with van der Waals surface area (Å²) in [4.78, 5) is 22.3. The van der Waals surface area contributed by atoms with Crippen molar-refractivity contribution in [1.82, 2.24) is 5.32 Å². The van der Waals surface area contributed by atoms with Crippen LogP contribution in [0.4, 0.5) is 4.79 Å². The van der Waals surface area contributed by atoms with E-state index in [4.69, 9.17) is 9.84 Å². The number of ether oxygens (including phenoxy) is 1. The molecule has 0 aliphatic carbocycles. The van der Waals surface area contributed by atoms with Gasteiger partial charge in [-0.25, -0.2) is 9.59 Å². The highest BCUT2D eigenvalue weighted by Gasteiger charge is 2.04. The molecule has 0 aliphatic heterocycles. The summed E-state index contributed by atoms with van der Waals surface area (Å²) in [5.41, 5.74) is 2.38. The molecule has 124 valence electrons. The maximum Gasteiger partial charge on any atom is 0.412 e. The van der Waals surface area contributed by atoms with Crippen molar-refractivity contribution in [2.75, 3.05) is 6.54 Å². The van der Waals surface area contributed by atoms with Gasteiger partial charge in [-0.2, -0.15) is 0 Å². The first-order valence-corrected chi connectivity index (χ1v) is 7.57. The quantitative estimate of drug-likeness (QED) is 0.624. The number of aliphatic carboxylic acids is 1. The van der Waals surface area contributed by atoms with Crippen LogP contribution < -0.4 is 10.1 Å². The van der Waals surface area contributed by atoms with Crippen LogP contribution in [0.15, 0.2) is 66.2 Å². The second-order valence-corrected chi connectivity index (χ2v) is 5.19. The fourth-order valence-corrected chi connectivity index (χ4v) is 2.04. The molecule has 2 aromatic carbocycles. The molecule has 0 radical (unpaired) electrons. The van der Waals surface area contributed by atoms with Gasteiger partial charge < -0.3 is 15.2 Å². The van der Waals surface area contributed by atoms with Crippen LogP contribution in [0, 0.1) is 0 Å². The standard InChI is InChI=1S/C19H19NO4/c1-14(18(21)22)6-5-13-20-19(23)24-17-11-9-16(10-12-17)15-7-3-2-4-8-15/h2-4,6-12H,5,13H2,1H3,(H,20,23)(H,21,22). The molecule has 0 saturated heterocycles. The lowest BCUT2D eigenvalue weighted by molar-refractivity contribution is -0.132. The van der Waals surface area contributed by atoms with E-state index >= 15 is 0 Å². The lowest BCUT2D eigenvalue weighted by Crippen LogP contribution is -2.27. The number of nitrogens with one attached hydrogen (secondary N) is 1. The van der Waals surface area contributed by atoms with E-state index in [-0.39, 0.29) is 5.57 Å². The van der Waals surface area contributed by atoms with Crippen LogP contribution in [0.25, 0.3) is 11.1 Å². The molecule has 0 aromatic heterocycles. The largest absolute Gasteiger partial charge is 0.478 e. The highest BCUT2D eigenvalue weighted by atomic mass is 16.6. The molecule has 0 spiro atoms. The Morgan fingerprint density at radius 2 is 1.67 bits per heavy atom. The minimum atomic E-state index is -0.962. The van der Waals surface area contributed by atoms with Crippen molar-refractivity contribution in [3.63, 3.8) is 0 Å². The van der Waals surface area contributed by atoms with Crippen molar-refractivity contribution >= 4 is 12.1 Å². The number of carboxylic acid groups (broad SMARTS) is 1. The molecule has 2 aromatic rings. The Kier molecular flexibility index (Phi) is 6.14. The van der Waals surface area contributed by atoms with Crippen molar-refractivity contribution < 1.29 is 19.4 Å². The van der Waals surface area contributed by atoms with Crippen molar-refractivity contribution in [2.45, 2.75) is 13.3 Å². The van der Waals surface area contributed by atoms with E-state index in [0.29, 0.717) is 18.7 Å². The molecule has 5 heteroatoms. The molecule has 0 heterocycles. The van der Waals surface area contributed by atoms with E-state index < -0.39 is 12.1 Å². The van der Waals surface area contributed by atoms with Crippen LogP contribution >= 0.6 is 0 Å². The first-order chi connectivity index (χ1) is 11.6. The van der Waals surface area contributed by atoms with Gasteiger partial charge in [-0.15, -0.1) is 0 Å². The summed E-state index contributed by atoms with van der Waals surface area (Å²) in [5, 5.41) is 11.3. The lowest BCUT2D eigenvalue weighted by atomic mass is 10.1. The third kappa shape index (κ3) is 5.28. The van der Waals surface area contributed by atoms with Crippen molar-refractivity contribution in [3.05, 3.63) is 66.2 Å². The van der Waals surface area contributed by atoms with Crippen molar-refractivity contribution in [3.8, 4) is 16.9 Å². The summed E-state index contributed by atoms with van der Waals surface area (Å²) in [6.07, 6.45) is 1.42. The average Bonchev–Trinajstić information content (AvgIpc) is 2.60. The maximum absolute atomic E-state index is 11.7. The van der Waals surface area contributed by atoms with Crippen molar-refractivity contribution in [2.24, 2.45) is 0 Å². The molecule has 2 N–H and O–H groups in total. The van der Waals surface area contributed by atoms with Crippen LogP contribution in [0.5, 0.6) is 5.75 Å². The van der Waals surface area contributed by atoms with Gasteiger partial charge in [-0.3, -0.25) is 0 Å². The van der Waals surface area contributed by atoms with Gasteiger partial charge in [0.15, 0.2) is 0 Å². The Morgan fingerprint density at radius 3 is 2.29 bits per heavy atom. The third-order valence-corrected chi connectivity index (χ3v) is 3.37. The van der Waals surface area contributed by atoms with Gasteiger partial charge in [0.1, 0.15) is 5.75 Å². The second kappa shape index (κ2) is 8.53. The summed E-state index contributed by atoms with van der Waals surface area (Å²) in [6.45, 7) is 1.82. The zero-order chi connectivity index (χ0) is 17.4. The van der Waals surface area contributed by atoms with E-state index in [1.54, 1.807) is 18.2 Å². The van der Waals surface area contributed by atoms with Gasteiger partial charge in [0.05, 0.1) is 0 Å². The monoisotopic (exact) mass is 325 g/mol. The normalized spacial score (nSPS) is 11.0. The lowest BCUT2D eigenvalue weighted by Gasteiger charge is -2.07. The number of carboxylic acids is 1. The highest BCUT2D eigenvalue weighted by molar-refractivity contribution is 5.85. The van der Waals surface area contributed by atoms with E-state index in [9.17, 15) is 9.59 Å². The number of carbonyl (C=O) groups excluding carboxylic acids is 1. The van der Waals surface area contributed by atoms with Gasteiger partial charge in [-0.1, -0.05) is 48.5 Å². The minimum absolute atomic E-state index is 0.252. The van der Waals surface area contributed by atoms with Gasteiger partial charge in [-0.05, 0) is 36.6 Å². The summed E-state index contributed by atoms with van der Waals surface area (Å²) in [6, 6.07) is 17.1. The molecular formula is C19H19NO4. The number of hydrogen-bond donors (Lipinski definition) is 2. The molecule has 0 aliphatic rings. The highest BCUT2D eigenvalue weighted by Crippen LogP contribution is 2.22. The zero-order valence-corrected chi connectivity index (χ0v) is 13.4. The van der Waals surface area contributed by atoms with Crippen LogP contribution in [0.2, 0.25) is 0 Å². The number of carbonyl (C=O) groups is 2. The fourth-order valence-electron chi connectivity index (χ4n) is 2.04. The van der Waals surface area contributed by atoms with Gasteiger partial charge in [0, 0.05) is 12.1 Å². The summed E-state index contributed by atoms with van der Waals surface area (Å²) in [5.74, 6) is -0.513. The van der Waals surface area contributed by atoms with Gasteiger partial charge in [0.25, 0.3) is 0 Å². The van der Waals surface area contributed by atoms with Crippen LogP contribution in [0.3, 0.4) is 0 Å². The van der Waals surface area contributed by atoms with Gasteiger partial charge >= 0.3 is 12.1 Å². The number of amides is 1. The minimum Gasteiger partial charge on any atom is -0.478 e. The SMILES string of the molecule is CC(=CCCNC(=O)Oc1ccc(-c2ccccc2)cc1)C(=O)O. The number of rotatable bonds is 6. The van der Waals surface area contributed by atoms with Crippen LogP contribution in [0.1, 0.15) is 13.3 Å². The van der Waals surface area contributed by atoms with E-state index in [2.05, 4.69) is 5.32 Å². The molecule has 24 heavy (non-hydrogen) atoms. The van der Waals surface area contributed by atoms with Gasteiger partial charge in [0.2, 0.25) is 0 Å². The maximum atomic E-state index is 11.7. The number of hydrogen-bond acceptors (Lipinski definition) is 3. The molecule has 0 unspecified atom stereocenters. The van der Waals surface area contributed by atoms with Crippen molar-refractivity contribution in [1.29, 1.82) is 0 Å². The van der Waals surface area contributed by atoms with E-state index in [1.165, 1.54) is 6.92 Å². The van der Waals surface area contributed by atoms with E-state index in [0.717, 1.165) is 11.1 Å². The molecule has 5 nitrogen and oxygen atoms in total. The molecule has 0 saturated carbocycles. The fraction of sp³-hybridized carbons (Fsp3) is 0.158. The first kappa shape index (κ1) is 17.3. The Balaban J connectivity index is 1.82. The zero-order valence-electron chi connectivity index (χ0n) is 13.4. The third-order valence-electron chi connectivity index (χ3n) is 3.37. The predicted molar refractivity (Wildman–Crippen MR) is 91.9 cm³/mol. The molecular weight excluding hydrogens is 306 g/mol. The summed E-state index contributed by atoms with van der Waals surface area (Å²) in [7, 11) is 0. The Labute approximate surface area is 140 Å². The Bertz CT molecular complexity index is 721.